The zero-order chi connectivity index (χ0) is 11.7. The molecule has 1 aliphatic heterocycles. The van der Waals surface area contributed by atoms with E-state index in [-0.39, 0.29) is 0 Å². The van der Waals surface area contributed by atoms with E-state index in [0.29, 0.717) is 0 Å². The van der Waals surface area contributed by atoms with Gasteiger partial charge in [0.2, 0.25) is 0 Å². The molecule has 1 heterocycles. The third-order valence-corrected chi connectivity index (χ3v) is 4.32. The highest BCUT2D eigenvalue weighted by Crippen LogP contribution is 2.40. The van der Waals surface area contributed by atoms with Crippen LogP contribution in [0.15, 0.2) is 47.6 Å². The highest BCUT2D eigenvalue weighted by Gasteiger charge is 2.35. The maximum absolute atomic E-state index is 2.50. The van der Waals surface area contributed by atoms with Gasteiger partial charge in [-0.15, -0.1) is 0 Å². The molecule has 0 aromatic carbocycles. The molecule has 0 spiro atoms. The van der Waals surface area contributed by atoms with Gasteiger partial charge >= 0.3 is 0 Å². The molecule has 3 aliphatic rings. The van der Waals surface area contributed by atoms with Crippen LogP contribution >= 0.6 is 0 Å². The molecular weight excluding hydrogens is 206 g/mol. The highest BCUT2D eigenvalue weighted by atomic mass is 15.1. The number of rotatable bonds is 0. The number of hydrogen-bond donors (Lipinski definition) is 0. The molecule has 1 heteroatoms. The molecule has 3 rings (SSSR count). The van der Waals surface area contributed by atoms with Gasteiger partial charge in [-0.25, -0.2) is 0 Å². The Labute approximate surface area is 104 Å². The van der Waals surface area contributed by atoms with Crippen molar-refractivity contribution in [3.05, 3.63) is 47.6 Å². The van der Waals surface area contributed by atoms with E-state index in [0.717, 1.165) is 11.8 Å². The van der Waals surface area contributed by atoms with Crippen LogP contribution in [0.4, 0.5) is 0 Å². The molecule has 0 radical (unpaired) electrons. The molecule has 90 valence electrons. The Morgan fingerprint density at radius 1 is 1.06 bits per heavy atom. The predicted octanol–water partition coefficient (Wildman–Crippen LogP) is 3.33. The molecule has 2 atom stereocenters. The Balaban J connectivity index is 1.97. The van der Waals surface area contributed by atoms with Crippen molar-refractivity contribution in [2.24, 2.45) is 11.8 Å². The molecule has 0 aromatic heterocycles. The SMILES string of the molecule is CN1C[C@H]2CCCC3=C/C=C\C=C/C=C\3[C@H]2C1. The van der Waals surface area contributed by atoms with Gasteiger partial charge in [0, 0.05) is 19.0 Å². The Morgan fingerprint density at radius 3 is 2.76 bits per heavy atom. The Bertz CT molecular complexity index is 411. The minimum atomic E-state index is 0.768. The van der Waals surface area contributed by atoms with E-state index in [4.69, 9.17) is 0 Å². The normalized spacial score (nSPS) is 42.9. The van der Waals surface area contributed by atoms with Gasteiger partial charge in [0.25, 0.3) is 0 Å². The van der Waals surface area contributed by atoms with Crippen LogP contribution in [-0.2, 0) is 0 Å². The first-order valence-corrected chi connectivity index (χ1v) is 6.77. The highest BCUT2D eigenvalue weighted by molar-refractivity contribution is 5.42. The lowest BCUT2D eigenvalue weighted by Gasteiger charge is -2.19. The van der Waals surface area contributed by atoms with Crippen LogP contribution < -0.4 is 0 Å². The summed E-state index contributed by atoms with van der Waals surface area (Å²) in [6, 6.07) is 0. The van der Waals surface area contributed by atoms with Gasteiger partial charge in [-0.1, -0.05) is 36.5 Å². The van der Waals surface area contributed by atoms with Gasteiger partial charge in [0.05, 0.1) is 0 Å². The van der Waals surface area contributed by atoms with Crippen molar-refractivity contribution in [1.29, 1.82) is 0 Å². The zero-order valence-corrected chi connectivity index (χ0v) is 10.6. The van der Waals surface area contributed by atoms with E-state index >= 15 is 0 Å². The van der Waals surface area contributed by atoms with Gasteiger partial charge in [-0.05, 0) is 43.4 Å². The fraction of sp³-hybridized carbons (Fsp3) is 0.500. The molecule has 17 heavy (non-hydrogen) atoms. The summed E-state index contributed by atoms with van der Waals surface area (Å²) >= 11 is 0. The van der Waals surface area contributed by atoms with Crippen LogP contribution in [0, 0.1) is 11.8 Å². The maximum Gasteiger partial charge on any atom is 0.00506 e. The molecule has 0 N–H and O–H groups in total. The molecule has 1 saturated carbocycles. The lowest BCUT2D eigenvalue weighted by Crippen LogP contribution is -2.15. The van der Waals surface area contributed by atoms with E-state index < -0.39 is 0 Å². The van der Waals surface area contributed by atoms with Crippen molar-refractivity contribution in [1.82, 2.24) is 4.90 Å². The van der Waals surface area contributed by atoms with Crippen molar-refractivity contribution < 1.29 is 0 Å². The van der Waals surface area contributed by atoms with E-state index in [1.165, 1.54) is 32.4 Å². The van der Waals surface area contributed by atoms with E-state index in [1.54, 1.807) is 11.1 Å². The topological polar surface area (TPSA) is 3.24 Å². The van der Waals surface area contributed by atoms with Gasteiger partial charge in [0.15, 0.2) is 0 Å². The van der Waals surface area contributed by atoms with Crippen LogP contribution in [0.2, 0.25) is 0 Å². The Morgan fingerprint density at radius 2 is 1.88 bits per heavy atom. The summed E-state index contributed by atoms with van der Waals surface area (Å²) in [4.78, 5) is 2.50. The number of hydrogen-bond acceptors (Lipinski definition) is 1. The van der Waals surface area contributed by atoms with Crippen molar-refractivity contribution >= 4 is 0 Å². The van der Waals surface area contributed by atoms with Crippen molar-refractivity contribution in [2.45, 2.75) is 19.3 Å². The standard InChI is InChI=1S/C16H21N/c1-17-11-14-9-6-8-13-7-4-2-3-5-10-15(13)16(14)12-17/h2-5,7,10,14,16H,6,8-9,11-12H2,1H3/b3-2?,4-2-,5-3-,7-4?,10-5?,13-7-,15-10+/t14-,16+/m1/s1. The lowest BCUT2D eigenvalue weighted by atomic mass is 9.85. The van der Waals surface area contributed by atoms with Gasteiger partial charge < -0.3 is 4.90 Å². The van der Waals surface area contributed by atoms with Crippen LogP contribution in [0.5, 0.6) is 0 Å². The van der Waals surface area contributed by atoms with E-state index in [9.17, 15) is 0 Å². The van der Waals surface area contributed by atoms with E-state index in [2.05, 4.69) is 48.4 Å². The second-order valence-electron chi connectivity index (χ2n) is 5.56. The summed E-state index contributed by atoms with van der Waals surface area (Å²) in [5.41, 5.74) is 3.19. The number of fused-ring (bicyclic) bond motifs is 3. The second-order valence-corrected chi connectivity index (χ2v) is 5.56. The van der Waals surface area contributed by atoms with Gasteiger partial charge in [-0.3, -0.25) is 0 Å². The van der Waals surface area contributed by atoms with Crippen molar-refractivity contribution in [3.8, 4) is 0 Å². The smallest absolute Gasteiger partial charge is 0.00506 e. The summed E-state index contributed by atoms with van der Waals surface area (Å²) < 4.78 is 0. The number of likely N-dealkylation sites (tertiary alicyclic amines) is 1. The van der Waals surface area contributed by atoms with Gasteiger partial charge in [-0.2, -0.15) is 0 Å². The predicted molar refractivity (Wildman–Crippen MR) is 72.8 cm³/mol. The fourth-order valence-electron chi connectivity index (χ4n) is 3.54. The van der Waals surface area contributed by atoms with Crippen LogP contribution in [0.25, 0.3) is 0 Å². The number of allylic oxidation sites excluding steroid dienone is 7. The Kier molecular flexibility index (Phi) is 3.02. The molecule has 1 nitrogen and oxygen atoms in total. The molecule has 0 unspecified atom stereocenters. The molecule has 0 bridgehead atoms. The summed E-state index contributed by atoms with van der Waals surface area (Å²) in [5.74, 6) is 1.65. The quantitative estimate of drug-likeness (QED) is 0.613. The summed E-state index contributed by atoms with van der Waals surface area (Å²) in [6.45, 7) is 2.53. The minimum absolute atomic E-state index is 0.768. The fourth-order valence-corrected chi connectivity index (χ4v) is 3.54. The first-order valence-electron chi connectivity index (χ1n) is 6.77. The van der Waals surface area contributed by atoms with Gasteiger partial charge in [0.1, 0.15) is 0 Å². The second kappa shape index (κ2) is 4.66. The molecule has 1 saturated heterocycles. The van der Waals surface area contributed by atoms with Crippen LogP contribution in [0.1, 0.15) is 19.3 Å². The summed E-state index contributed by atoms with van der Waals surface area (Å²) in [6.07, 6.45) is 17.4. The van der Waals surface area contributed by atoms with Crippen molar-refractivity contribution in [2.75, 3.05) is 20.1 Å². The third kappa shape index (κ3) is 2.16. The summed E-state index contributed by atoms with van der Waals surface area (Å²) in [5, 5.41) is 0. The number of nitrogens with zero attached hydrogens (tertiary/aromatic N) is 1. The monoisotopic (exact) mass is 227 g/mol. The average molecular weight is 227 g/mol. The van der Waals surface area contributed by atoms with E-state index in [1.807, 2.05) is 0 Å². The molecule has 2 aliphatic carbocycles. The maximum atomic E-state index is 2.50. The van der Waals surface area contributed by atoms with Crippen LogP contribution in [-0.4, -0.2) is 25.0 Å². The molecular formula is C16H21N. The lowest BCUT2D eigenvalue weighted by molar-refractivity contribution is 0.385. The first kappa shape index (κ1) is 11.0. The first-order chi connectivity index (χ1) is 8.34. The van der Waals surface area contributed by atoms with Crippen molar-refractivity contribution in [3.63, 3.8) is 0 Å². The molecule has 2 fully saturated rings. The zero-order valence-electron chi connectivity index (χ0n) is 10.6. The molecule has 0 aromatic rings. The van der Waals surface area contributed by atoms with Crippen LogP contribution in [0.3, 0.4) is 0 Å². The minimum Gasteiger partial charge on any atom is -0.305 e. The average Bonchev–Trinajstić information content (AvgIpc) is 2.56. The summed E-state index contributed by atoms with van der Waals surface area (Å²) in [7, 11) is 2.26. The Hall–Kier alpha value is -1.08. The third-order valence-electron chi connectivity index (χ3n) is 4.32. The largest absolute Gasteiger partial charge is 0.305 e. The molecule has 0 amide bonds.